The number of amides is 1. The first-order valence-corrected chi connectivity index (χ1v) is 7.65. The van der Waals surface area contributed by atoms with Gasteiger partial charge in [-0.1, -0.05) is 28.1 Å². The van der Waals surface area contributed by atoms with Gasteiger partial charge in [-0.2, -0.15) is 0 Å². The summed E-state index contributed by atoms with van der Waals surface area (Å²) in [7, 11) is 1.97. The summed E-state index contributed by atoms with van der Waals surface area (Å²) in [6.07, 6.45) is 2.86. The Kier molecular flexibility index (Phi) is 7.56. The molecule has 1 saturated heterocycles. The number of rotatable bonds is 4. The maximum absolute atomic E-state index is 12.3. The molecule has 0 spiro atoms. The minimum atomic E-state index is 0. The zero-order valence-electron chi connectivity index (χ0n) is 11.8. The molecule has 112 valence electrons. The van der Waals surface area contributed by atoms with Gasteiger partial charge in [0.15, 0.2) is 0 Å². The van der Waals surface area contributed by atoms with Crippen molar-refractivity contribution in [2.45, 2.75) is 19.3 Å². The molecule has 1 amide bonds. The first kappa shape index (κ1) is 17.5. The zero-order valence-corrected chi connectivity index (χ0v) is 14.2. The lowest BCUT2D eigenvalue weighted by atomic mass is 9.97. The summed E-state index contributed by atoms with van der Waals surface area (Å²) in [5, 5.41) is 3.21. The van der Waals surface area contributed by atoms with Gasteiger partial charge in [0, 0.05) is 17.6 Å². The Bertz CT molecular complexity index is 422. The number of nitrogens with zero attached hydrogens (tertiary/aromatic N) is 1. The van der Waals surface area contributed by atoms with Crippen LogP contribution in [0.25, 0.3) is 0 Å². The third-order valence-corrected chi connectivity index (χ3v) is 4.16. The van der Waals surface area contributed by atoms with E-state index in [1.54, 1.807) is 0 Å². The fraction of sp³-hybridized carbons (Fsp3) is 0.533. The van der Waals surface area contributed by atoms with Crippen LogP contribution in [0.4, 0.5) is 0 Å². The minimum Gasteiger partial charge on any atom is -0.342 e. The summed E-state index contributed by atoms with van der Waals surface area (Å²) < 4.78 is 1.05. The van der Waals surface area contributed by atoms with Crippen molar-refractivity contribution in [3.05, 3.63) is 34.3 Å². The smallest absolute Gasteiger partial charge is 0.226 e. The van der Waals surface area contributed by atoms with Crippen LogP contribution in [0.2, 0.25) is 0 Å². The molecular formula is C15H22BrClN2O. The Labute approximate surface area is 135 Å². The van der Waals surface area contributed by atoms with Crippen molar-refractivity contribution in [2.75, 3.05) is 26.7 Å². The molecule has 1 fully saturated rings. The first-order valence-electron chi connectivity index (χ1n) is 6.86. The van der Waals surface area contributed by atoms with Gasteiger partial charge in [0.2, 0.25) is 5.91 Å². The molecule has 0 saturated carbocycles. The normalized spacial score (nSPS) is 18.5. The SMILES string of the molecule is CNCC1CCCN(C(=O)Cc2ccc(Br)cc2)C1.Cl. The van der Waals surface area contributed by atoms with Crippen LogP contribution in [0, 0.1) is 5.92 Å². The zero-order chi connectivity index (χ0) is 13.7. The first-order chi connectivity index (χ1) is 9.19. The number of carbonyl (C=O) groups excluding carboxylic acids is 1. The van der Waals surface area contributed by atoms with E-state index in [1.807, 2.05) is 36.2 Å². The van der Waals surface area contributed by atoms with Crippen molar-refractivity contribution < 1.29 is 4.79 Å². The van der Waals surface area contributed by atoms with Crippen molar-refractivity contribution in [3.63, 3.8) is 0 Å². The molecule has 0 radical (unpaired) electrons. The number of hydrogen-bond acceptors (Lipinski definition) is 2. The van der Waals surface area contributed by atoms with Gasteiger partial charge in [-0.3, -0.25) is 4.79 Å². The molecule has 1 aliphatic heterocycles. The number of likely N-dealkylation sites (tertiary alicyclic amines) is 1. The average molecular weight is 362 g/mol. The molecule has 0 bridgehead atoms. The van der Waals surface area contributed by atoms with Gasteiger partial charge in [-0.15, -0.1) is 12.4 Å². The lowest BCUT2D eigenvalue weighted by Crippen LogP contribution is -2.43. The van der Waals surface area contributed by atoms with Crippen LogP contribution in [0.15, 0.2) is 28.7 Å². The molecule has 1 unspecified atom stereocenters. The van der Waals surface area contributed by atoms with Gasteiger partial charge in [-0.25, -0.2) is 0 Å². The Morgan fingerprint density at radius 1 is 1.40 bits per heavy atom. The van der Waals surface area contributed by atoms with Crippen LogP contribution in [0.1, 0.15) is 18.4 Å². The molecule has 20 heavy (non-hydrogen) atoms. The second-order valence-corrected chi connectivity index (χ2v) is 6.12. The highest BCUT2D eigenvalue weighted by atomic mass is 79.9. The van der Waals surface area contributed by atoms with Gasteiger partial charge in [0.1, 0.15) is 0 Å². The quantitative estimate of drug-likeness (QED) is 0.894. The molecule has 0 aliphatic carbocycles. The third-order valence-electron chi connectivity index (χ3n) is 3.63. The molecule has 1 heterocycles. The van der Waals surface area contributed by atoms with E-state index in [4.69, 9.17) is 0 Å². The summed E-state index contributed by atoms with van der Waals surface area (Å²) in [6, 6.07) is 8.00. The lowest BCUT2D eigenvalue weighted by Gasteiger charge is -2.32. The second kappa shape index (κ2) is 8.65. The van der Waals surface area contributed by atoms with Crippen LogP contribution < -0.4 is 5.32 Å². The van der Waals surface area contributed by atoms with Crippen molar-refractivity contribution >= 4 is 34.2 Å². The molecule has 1 N–H and O–H groups in total. The molecular weight excluding hydrogens is 340 g/mol. The van der Waals surface area contributed by atoms with E-state index in [2.05, 4.69) is 21.2 Å². The molecule has 0 aromatic heterocycles. The van der Waals surface area contributed by atoms with Crippen LogP contribution in [-0.4, -0.2) is 37.5 Å². The molecule has 1 atom stereocenters. The Balaban J connectivity index is 0.00000200. The average Bonchev–Trinajstić information content (AvgIpc) is 2.42. The molecule has 1 aromatic carbocycles. The van der Waals surface area contributed by atoms with Gasteiger partial charge in [0.25, 0.3) is 0 Å². The van der Waals surface area contributed by atoms with E-state index in [0.717, 1.165) is 36.1 Å². The molecule has 5 heteroatoms. The van der Waals surface area contributed by atoms with Crippen molar-refractivity contribution in [2.24, 2.45) is 5.92 Å². The number of piperidine rings is 1. The maximum Gasteiger partial charge on any atom is 0.226 e. The largest absolute Gasteiger partial charge is 0.342 e. The summed E-state index contributed by atoms with van der Waals surface area (Å²) in [5.74, 6) is 0.857. The van der Waals surface area contributed by atoms with Crippen molar-refractivity contribution in [1.82, 2.24) is 10.2 Å². The molecule has 3 nitrogen and oxygen atoms in total. The monoisotopic (exact) mass is 360 g/mol. The van der Waals surface area contributed by atoms with Crippen molar-refractivity contribution in [1.29, 1.82) is 0 Å². The van der Waals surface area contributed by atoms with Gasteiger partial charge in [0.05, 0.1) is 6.42 Å². The summed E-state index contributed by atoms with van der Waals surface area (Å²) in [6.45, 7) is 2.81. The van der Waals surface area contributed by atoms with Crippen LogP contribution >= 0.6 is 28.3 Å². The second-order valence-electron chi connectivity index (χ2n) is 5.21. The highest BCUT2D eigenvalue weighted by Gasteiger charge is 2.22. The summed E-state index contributed by atoms with van der Waals surface area (Å²) >= 11 is 3.41. The summed E-state index contributed by atoms with van der Waals surface area (Å²) in [4.78, 5) is 14.3. The molecule has 2 rings (SSSR count). The fourth-order valence-electron chi connectivity index (χ4n) is 2.64. The van der Waals surface area contributed by atoms with E-state index < -0.39 is 0 Å². The van der Waals surface area contributed by atoms with Crippen LogP contribution in [-0.2, 0) is 11.2 Å². The molecule has 1 aliphatic rings. The third kappa shape index (κ3) is 5.08. The standard InChI is InChI=1S/C15H21BrN2O.ClH/c1-17-10-13-3-2-8-18(11-13)15(19)9-12-4-6-14(16)7-5-12;/h4-7,13,17H,2-3,8-11H2,1H3;1H. The topological polar surface area (TPSA) is 32.3 Å². The van der Waals surface area contributed by atoms with Gasteiger partial charge < -0.3 is 10.2 Å². The van der Waals surface area contributed by atoms with E-state index in [1.165, 1.54) is 6.42 Å². The van der Waals surface area contributed by atoms with Crippen LogP contribution in [0.3, 0.4) is 0 Å². The predicted molar refractivity (Wildman–Crippen MR) is 88.3 cm³/mol. The summed E-state index contributed by atoms with van der Waals surface area (Å²) in [5.41, 5.74) is 1.09. The number of halogens is 2. The minimum absolute atomic E-state index is 0. The number of nitrogens with one attached hydrogen (secondary N) is 1. The van der Waals surface area contributed by atoms with E-state index in [0.29, 0.717) is 12.3 Å². The van der Waals surface area contributed by atoms with E-state index >= 15 is 0 Å². The predicted octanol–water partition coefficient (Wildman–Crippen LogP) is 2.87. The van der Waals surface area contributed by atoms with Gasteiger partial charge in [-0.05, 0) is 50.0 Å². The van der Waals surface area contributed by atoms with Crippen molar-refractivity contribution in [3.8, 4) is 0 Å². The Hall–Kier alpha value is -0.580. The van der Waals surface area contributed by atoms with Gasteiger partial charge >= 0.3 is 0 Å². The fourth-order valence-corrected chi connectivity index (χ4v) is 2.90. The number of benzene rings is 1. The number of carbonyl (C=O) groups is 1. The highest BCUT2D eigenvalue weighted by Crippen LogP contribution is 2.17. The Morgan fingerprint density at radius 2 is 2.10 bits per heavy atom. The molecule has 1 aromatic rings. The maximum atomic E-state index is 12.3. The van der Waals surface area contributed by atoms with E-state index in [9.17, 15) is 4.79 Å². The van der Waals surface area contributed by atoms with Crippen LogP contribution in [0.5, 0.6) is 0 Å². The lowest BCUT2D eigenvalue weighted by molar-refractivity contribution is -0.132. The highest BCUT2D eigenvalue weighted by molar-refractivity contribution is 9.10. The van der Waals surface area contributed by atoms with E-state index in [-0.39, 0.29) is 18.3 Å². The number of hydrogen-bond donors (Lipinski definition) is 1. The Morgan fingerprint density at radius 3 is 2.75 bits per heavy atom.